The van der Waals surface area contributed by atoms with Crippen LogP contribution in [0.15, 0.2) is 18.3 Å². The number of pyridine rings is 1. The second-order valence-electron chi connectivity index (χ2n) is 4.50. The molecule has 0 spiro atoms. The molecule has 1 rings (SSSR count). The highest BCUT2D eigenvalue weighted by Gasteiger charge is 2.07. The van der Waals surface area contributed by atoms with E-state index >= 15 is 0 Å². The zero-order valence-electron chi connectivity index (χ0n) is 10.9. The molecule has 4 N–H and O–H groups in total. The molecule has 0 bridgehead atoms. The molecule has 1 amide bonds. The predicted octanol–water partition coefficient (Wildman–Crippen LogP) is 0.771. The Morgan fingerprint density at radius 1 is 1.53 bits per heavy atom. The van der Waals surface area contributed by atoms with Crippen LogP contribution in [0, 0.1) is 5.92 Å². The molecule has 1 aromatic heterocycles. The van der Waals surface area contributed by atoms with E-state index in [1.165, 1.54) is 18.3 Å². The second kappa shape index (κ2) is 7.48. The standard InChI is InChI=1S/C13H19N3O3/c1-9(7-14)2-3-12(17)16-8-11-6-10(13(18)19)4-5-15-11/h4-6,9H,2-3,7-8,14H2,1H3,(H,16,17)(H,18,19). The van der Waals surface area contributed by atoms with Gasteiger partial charge in [0.25, 0.3) is 0 Å². The summed E-state index contributed by atoms with van der Waals surface area (Å²) in [6.07, 6.45) is 2.57. The van der Waals surface area contributed by atoms with Crippen molar-refractivity contribution >= 4 is 11.9 Å². The maximum Gasteiger partial charge on any atom is 0.335 e. The van der Waals surface area contributed by atoms with Gasteiger partial charge in [-0.05, 0) is 31.0 Å². The molecule has 0 aliphatic carbocycles. The monoisotopic (exact) mass is 265 g/mol. The van der Waals surface area contributed by atoms with E-state index in [1.807, 2.05) is 6.92 Å². The van der Waals surface area contributed by atoms with Crippen LogP contribution in [0.5, 0.6) is 0 Å². The van der Waals surface area contributed by atoms with Gasteiger partial charge in [-0.1, -0.05) is 6.92 Å². The molecule has 6 heteroatoms. The van der Waals surface area contributed by atoms with Crippen molar-refractivity contribution in [3.63, 3.8) is 0 Å². The minimum absolute atomic E-state index is 0.0807. The molecule has 0 radical (unpaired) electrons. The number of carbonyl (C=O) groups excluding carboxylic acids is 1. The van der Waals surface area contributed by atoms with Crippen molar-refractivity contribution in [3.05, 3.63) is 29.6 Å². The van der Waals surface area contributed by atoms with E-state index in [1.54, 1.807) is 0 Å². The second-order valence-corrected chi connectivity index (χ2v) is 4.50. The van der Waals surface area contributed by atoms with E-state index in [2.05, 4.69) is 10.3 Å². The molecule has 0 fully saturated rings. The first-order chi connectivity index (χ1) is 9.02. The van der Waals surface area contributed by atoms with Crippen LogP contribution in [0.25, 0.3) is 0 Å². The first kappa shape index (κ1) is 15.1. The molecule has 19 heavy (non-hydrogen) atoms. The van der Waals surface area contributed by atoms with E-state index in [9.17, 15) is 9.59 Å². The Kier molecular flexibility index (Phi) is 5.95. The molecule has 1 heterocycles. The van der Waals surface area contributed by atoms with Gasteiger partial charge in [-0.3, -0.25) is 9.78 Å². The number of nitrogens with one attached hydrogen (secondary N) is 1. The zero-order chi connectivity index (χ0) is 14.3. The molecule has 1 atom stereocenters. The number of carbonyl (C=O) groups is 2. The lowest BCUT2D eigenvalue weighted by Gasteiger charge is -2.08. The first-order valence-electron chi connectivity index (χ1n) is 6.18. The lowest BCUT2D eigenvalue weighted by molar-refractivity contribution is -0.121. The minimum Gasteiger partial charge on any atom is -0.478 e. The summed E-state index contributed by atoms with van der Waals surface area (Å²) in [6.45, 7) is 2.79. The Labute approximate surface area is 112 Å². The Morgan fingerprint density at radius 3 is 2.89 bits per heavy atom. The first-order valence-corrected chi connectivity index (χ1v) is 6.18. The Balaban J connectivity index is 2.42. The maximum atomic E-state index is 11.6. The number of aromatic nitrogens is 1. The van der Waals surface area contributed by atoms with Crippen molar-refractivity contribution in [1.82, 2.24) is 10.3 Å². The fourth-order valence-corrected chi connectivity index (χ4v) is 1.48. The van der Waals surface area contributed by atoms with Crippen LogP contribution >= 0.6 is 0 Å². The van der Waals surface area contributed by atoms with Crippen LogP contribution in [0.3, 0.4) is 0 Å². The molecule has 0 aliphatic rings. The van der Waals surface area contributed by atoms with Crippen LogP contribution in [0.4, 0.5) is 0 Å². The smallest absolute Gasteiger partial charge is 0.335 e. The topological polar surface area (TPSA) is 105 Å². The van der Waals surface area contributed by atoms with Gasteiger partial charge >= 0.3 is 5.97 Å². The molecule has 104 valence electrons. The van der Waals surface area contributed by atoms with Gasteiger partial charge in [-0.25, -0.2) is 4.79 Å². The third-order valence-electron chi connectivity index (χ3n) is 2.80. The summed E-state index contributed by atoms with van der Waals surface area (Å²) >= 11 is 0. The third kappa shape index (κ3) is 5.48. The highest BCUT2D eigenvalue weighted by Crippen LogP contribution is 2.04. The molecular formula is C13H19N3O3. The number of nitrogens with zero attached hydrogens (tertiary/aromatic N) is 1. The predicted molar refractivity (Wildman–Crippen MR) is 70.5 cm³/mol. The number of carboxylic acid groups (broad SMARTS) is 1. The van der Waals surface area contributed by atoms with Gasteiger partial charge in [-0.2, -0.15) is 0 Å². The summed E-state index contributed by atoms with van der Waals surface area (Å²) in [5.41, 5.74) is 6.16. The summed E-state index contributed by atoms with van der Waals surface area (Å²) in [5.74, 6) is -0.770. The molecule has 6 nitrogen and oxygen atoms in total. The number of rotatable bonds is 7. The van der Waals surface area contributed by atoms with Crippen LogP contribution in [-0.4, -0.2) is 28.5 Å². The summed E-state index contributed by atoms with van der Waals surface area (Å²) in [7, 11) is 0. The van der Waals surface area contributed by atoms with Gasteiger partial charge in [-0.15, -0.1) is 0 Å². The molecular weight excluding hydrogens is 246 g/mol. The van der Waals surface area contributed by atoms with Crippen molar-refractivity contribution in [2.45, 2.75) is 26.3 Å². The summed E-state index contributed by atoms with van der Waals surface area (Å²) in [5, 5.41) is 11.5. The van der Waals surface area contributed by atoms with Gasteiger partial charge in [0.15, 0.2) is 0 Å². The SMILES string of the molecule is CC(CN)CCC(=O)NCc1cc(C(=O)O)ccn1. The van der Waals surface area contributed by atoms with Crippen LogP contribution < -0.4 is 11.1 Å². The molecule has 0 aliphatic heterocycles. The van der Waals surface area contributed by atoms with Gasteiger partial charge in [0.1, 0.15) is 0 Å². The largest absolute Gasteiger partial charge is 0.478 e. The summed E-state index contributed by atoms with van der Waals surface area (Å²) in [6, 6.07) is 2.86. The van der Waals surface area contributed by atoms with Crippen molar-refractivity contribution < 1.29 is 14.7 Å². The van der Waals surface area contributed by atoms with Gasteiger partial charge in [0, 0.05) is 12.6 Å². The average Bonchev–Trinajstić information content (AvgIpc) is 2.42. The minimum atomic E-state index is -1.01. The quantitative estimate of drug-likeness (QED) is 0.675. The number of hydrogen-bond donors (Lipinski definition) is 3. The van der Waals surface area contributed by atoms with Crippen molar-refractivity contribution in [2.75, 3.05) is 6.54 Å². The maximum absolute atomic E-state index is 11.6. The fourth-order valence-electron chi connectivity index (χ4n) is 1.48. The van der Waals surface area contributed by atoms with E-state index in [-0.39, 0.29) is 18.0 Å². The van der Waals surface area contributed by atoms with Gasteiger partial charge in [0.2, 0.25) is 5.91 Å². The van der Waals surface area contributed by atoms with Crippen LogP contribution in [0.1, 0.15) is 35.8 Å². The molecule has 1 unspecified atom stereocenters. The highest BCUT2D eigenvalue weighted by molar-refractivity contribution is 5.87. The van der Waals surface area contributed by atoms with Crippen molar-refractivity contribution in [3.8, 4) is 0 Å². The molecule has 0 aromatic carbocycles. The lowest BCUT2D eigenvalue weighted by atomic mass is 10.1. The number of amides is 1. The number of aromatic carboxylic acids is 1. The van der Waals surface area contributed by atoms with Crippen molar-refractivity contribution in [1.29, 1.82) is 0 Å². The number of carboxylic acids is 1. The van der Waals surface area contributed by atoms with E-state index in [0.717, 1.165) is 6.42 Å². The van der Waals surface area contributed by atoms with Gasteiger partial charge in [0.05, 0.1) is 17.8 Å². The summed E-state index contributed by atoms with van der Waals surface area (Å²) < 4.78 is 0. The van der Waals surface area contributed by atoms with E-state index < -0.39 is 5.97 Å². The highest BCUT2D eigenvalue weighted by atomic mass is 16.4. The fraction of sp³-hybridized carbons (Fsp3) is 0.462. The summed E-state index contributed by atoms with van der Waals surface area (Å²) in [4.78, 5) is 26.3. The average molecular weight is 265 g/mol. The Bertz CT molecular complexity index is 449. The van der Waals surface area contributed by atoms with Crippen LogP contribution in [0.2, 0.25) is 0 Å². The normalized spacial score (nSPS) is 11.9. The third-order valence-corrected chi connectivity index (χ3v) is 2.80. The van der Waals surface area contributed by atoms with Crippen molar-refractivity contribution in [2.24, 2.45) is 11.7 Å². The number of hydrogen-bond acceptors (Lipinski definition) is 4. The van der Waals surface area contributed by atoms with E-state index in [4.69, 9.17) is 10.8 Å². The Morgan fingerprint density at radius 2 is 2.26 bits per heavy atom. The molecule has 0 saturated heterocycles. The zero-order valence-corrected chi connectivity index (χ0v) is 10.9. The molecule has 0 saturated carbocycles. The van der Waals surface area contributed by atoms with Crippen LogP contribution in [-0.2, 0) is 11.3 Å². The number of nitrogens with two attached hydrogens (primary N) is 1. The Hall–Kier alpha value is -1.95. The van der Waals surface area contributed by atoms with Gasteiger partial charge < -0.3 is 16.2 Å². The lowest BCUT2D eigenvalue weighted by Crippen LogP contribution is -2.24. The van der Waals surface area contributed by atoms with E-state index in [0.29, 0.717) is 24.6 Å². The molecule has 1 aromatic rings.